The van der Waals surface area contributed by atoms with E-state index in [1.165, 1.54) is 103 Å². The van der Waals surface area contributed by atoms with E-state index in [-0.39, 0.29) is 35.0 Å². The van der Waals surface area contributed by atoms with E-state index in [0.29, 0.717) is 102 Å². The van der Waals surface area contributed by atoms with Crippen LogP contribution >= 0.6 is 26.6 Å². The van der Waals surface area contributed by atoms with Gasteiger partial charge in [0.2, 0.25) is 29.1 Å². The number of carbonyl (C=O) groups excluding carboxylic acids is 3. The largest absolute Gasteiger partial charge is 0.361 e. The second kappa shape index (κ2) is 34.6. The highest BCUT2D eigenvalue weighted by molar-refractivity contribution is 9.10. The first-order chi connectivity index (χ1) is 45.7. The van der Waals surface area contributed by atoms with E-state index < -0.39 is 45.7 Å². The first-order valence-corrected chi connectivity index (χ1v) is 41.4. The Bertz CT molecular complexity index is 3660. The van der Waals surface area contributed by atoms with Gasteiger partial charge >= 0.3 is 0 Å². The molecule has 520 valence electrons. The monoisotopic (exact) mass is 1450 g/mol. The van der Waals surface area contributed by atoms with Gasteiger partial charge in [-0.05, 0) is 170 Å². The summed E-state index contributed by atoms with van der Waals surface area (Å²) in [4.78, 5) is 55.1. The normalized spacial score (nSPS) is 22.2. The Morgan fingerprint density at radius 2 is 1.01 bits per heavy atom. The first kappa shape index (κ1) is 74.1. The molecular formula is C71H100BrClN10O9S3. The second-order valence-electron chi connectivity index (χ2n) is 27.0. The van der Waals surface area contributed by atoms with E-state index in [1.807, 2.05) is 18.3 Å². The van der Waals surface area contributed by atoms with Gasteiger partial charge in [0.25, 0.3) is 17.7 Å². The van der Waals surface area contributed by atoms with Crippen molar-refractivity contribution in [3.63, 3.8) is 0 Å². The standard InChI is InChI=1S/C27H35N3O3S.C18H29N3O3S.C13H21N3O.C8H6BrN.C5H9ClO2S/c31-26-27(29-25(28-26)23-10-3-1-4-11-23)16-18-30(19-17-27)34(32,33)20-6-2-5-9-21-12-7-13-22-14-8-15-24(21)22;1-2-3-7-14-25(23,24)21-12-10-18(11-13-21)17(22)19-16(20-18)15-8-5-4-6-9-15;17-12-13(6-8-14-9-7-13)16-11(15-12)10-4-2-1-3-5-10;9-7-2-1-3-8-6(7)4-5-10-8;1-2-3-4-5-9(6,7)8/h5,7-9,12-13,15,23H,1-4,6,10-11,14,16-20H2,(H,28,29,31);2,15H,1,3-14H2,(H,19,20,22);10,14H,1-9H2,(H,15,16,17);1-5,10H;2H,1,3-5H2/b9-5+;;;;. The molecule has 1 aromatic heterocycles. The van der Waals surface area contributed by atoms with Gasteiger partial charge in [0.1, 0.15) is 34.1 Å². The molecule has 0 bridgehead atoms. The molecule has 3 spiro atoms. The van der Waals surface area contributed by atoms with E-state index in [0.717, 1.165) is 86.4 Å². The van der Waals surface area contributed by atoms with Crippen LogP contribution in [0.2, 0.25) is 0 Å². The third-order valence-corrected chi connectivity index (χ3v) is 26.2. The lowest BCUT2D eigenvalue weighted by Crippen LogP contribution is -2.50. The molecule has 0 radical (unpaired) electrons. The number of aromatic nitrogens is 1. The van der Waals surface area contributed by atoms with Gasteiger partial charge in [0.15, 0.2) is 0 Å². The summed E-state index contributed by atoms with van der Waals surface area (Å²) in [5.41, 5.74) is 3.08. The van der Waals surface area contributed by atoms with Crippen molar-refractivity contribution < 1.29 is 39.6 Å². The summed E-state index contributed by atoms with van der Waals surface area (Å²) in [6.45, 7) is 10.4. The maximum atomic E-state index is 12.9. The Kier molecular flexibility index (Phi) is 27.0. The average Bonchev–Trinajstić information content (AvgIpc) is 1.67. The Morgan fingerprint density at radius 3 is 1.46 bits per heavy atom. The fraction of sp³-hybridized carbons (Fsp3) is 0.606. The van der Waals surface area contributed by atoms with Crippen molar-refractivity contribution in [3.05, 3.63) is 107 Å². The van der Waals surface area contributed by atoms with Crippen LogP contribution in [0.3, 0.4) is 0 Å². The van der Waals surface area contributed by atoms with Gasteiger partial charge in [0, 0.05) is 76.2 Å². The zero-order valence-corrected chi connectivity index (χ0v) is 60.1. The Labute approximate surface area is 577 Å². The molecule has 3 saturated carbocycles. The highest BCUT2D eigenvalue weighted by atomic mass is 79.9. The van der Waals surface area contributed by atoms with Crippen molar-refractivity contribution in [2.75, 3.05) is 56.5 Å². The Balaban J connectivity index is 0.000000152. The van der Waals surface area contributed by atoms with E-state index in [9.17, 15) is 39.6 Å². The number of nitrogens with one attached hydrogen (secondary N) is 5. The predicted octanol–water partition coefficient (Wildman–Crippen LogP) is 12.2. The minimum absolute atomic E-state index is 0.0301. The lowest BCUT2D eigenvalue weighted by atomic mass is 9.88. The maximum absolute atomic E-state index is 12.9. The summed E-state index contributed by atoms with van der Waals surface area (Å²) in [5.74, 6) is 4.37. The predicted molar refractivity (Wildman–Crippen MR) is 388 cm³/mol. The number of H-pyrrole nitrogens is 1. The second-order valence-corrected chi connectivity index (χ2v) is 34.9. The lowest BCUT2D eigenvalue weighted by molar-refractivity contribution is -0.125. The van der Waals surface area contributed by atoms with Crippen LogP contribution in [0.15, 0.2) is 106 Å². The molecule has 6 fully saturated rings. The van der Waals surface area contributed by atoms with E-state index in [2.05, 4.69) is 110 Å². The van der Waals surface area contributed by atoms with Crippen molar-refractivity contribution >= 4 is 114 Å². The molecule has 3 amide bonds. The van der Waals surface area contributed by atoms with Gasteiger partial charge in [-0.2, -0.15) is 0 Å². The van der Waals surface area contributed by atoms with Crippen molar-refractivity contribution in [3.8, 4) is 0 Å². The van der Waals surface area contributed by atoms with E-state index in [4.69, 9.17) is 25.7 Å². The number of amides is 3. The number of hydrogen-bond donors (Lipinski definition) is 5. The van der Waals surface area contributed by atoms with Gasteiger partial charge in [0.05, 0.1) is 17.3 Å². The number of halogens is 2. The van der Waals surface area contributed by atoms with Crippen molar-refractivity contribution in [1.29, 1.82) is 0 Å². The molecule has 13 rings (SSSR count). The van der Waals surface area contributed by atoms with Crippen LogP contribution in [0.1, 0.15) is 190 Å². The first-order valence-electron chi connectivity index (χ1n) is 34.9. The molecule has 0 unspecified atom stereocenters. The van der Waals surface area contributed by atoms with Gasteiger partial charge in [-0.1, -0.05) is 134 Å². The number of aliphatic imine (C=N–C) groups is 3. The maximum Gasteiger partial charge on any atom is 0.253 e. The van der Waals surface area contributed by atoms with Gasteiger partial charge in [-0.15, -0.1) is 13.2 Å². The van der Waals surface area contributed by atoms with E-state index in [1.54, 1.807) is 16.5 Å². The highest BCUT2D eigenvalue weighted by Crippen LogP contribution is 2.38. The zero-order chi connectivity index (χ0) is 67.5. The lowest BCUT2D eigenvalue weighted by Gasteiger charge is -2.34. The van der Waals surface area contributed by atoms with Crippen LogP contribution in [-0.4, -0.2) is 147 Å². The summed E-state index contributed by atoms with van der Waals surface area (Å²) >= 11 is 3.46. The van der Waals surface area contributed by atoms with Gasteiger partial charge in [-0.25, -0.2) is 33.9 Å². The topological polar surface area (TPSA) is 261 Å². The Morgan fingerprint density at radius 1 is 0.568 bits per heavy atom. The number of unbranched alkanes of at least 4 members (excludes halogenated alkanes) is 3. The molecule has 5 N–H and O–H groups in total. The number of piperidine rings is 3. The molecule has 6 aliphatic heterocycles. The third kappa shape index (κ3) is 20.0. The number of benzene rings is 2. The fourth-order valence-corrected chi connectivity index (χ4v) is 19.0. The minimum Gasteiger partial charge on any atom is -0.361 e. The Hall–Kier alpha value is -5.14. The number of nitrogens with zero attached hydrogens (tertiary/aromatic N) is 5. The summed E-state index contributed by atoms with van der Waals surface area (Å²) in [6.07, 6.45) is 40.4. The molecule has 24 heteroatoms. The molecule has 4 aliphatic carbocycles. The minimum atomic E-state index is -3.33. The number of amidine groups is 3. The van der Waals surface area contributed by atoms with Crippen molar-refractivity contribution in [2.45, 2.75) is 196 Å². The quantitative estimate of drug-likeness (QED) is 0.0457. The number of allylic oxidation sites excluding steroid dienone is 4. The van der Waals surface area contributed by atoms with Crippen LogP contribution in [0, 0.1) is 17.8 Å². The van der Waals surface area contributed by atoms with Crippen LogP contribution in [0.5, 0.6) is 0 Å². The average molecular weight is 1450 g/mol. The number of rotatable bonds is 18. The number of carbonyl (C=O) groups is 3. The summed E-state index contributed by atoms with van der Waals surface area (Å²) in [5, 5.41) is 13.7. The highest BCUT2D eigenvalue weighted by Gasteiger charge is 2.50. The number of aromatic amines is 1. The molecule has 19 nitrogen and oxygen atoms in total. The van der Waals surface area contributed by atoms with Crippen LogP contribution < -0.4 is 21.3 Å². The summed E-state index contributed by atoms with van der Waals surface area (Å²) in [6, 6.07) is 14.5. The molecular weight excluding hydrogens is 1350 g/mol. The third-order valence-electron chi connectivity index (χ3n) is 20.4. The molecule has 10 aliphatic rings. The van der Waals surface area contributed by atoms with Gasteiger partial charge in [-0.3, -0.25) is 29.4 Å². The van der Waals surface area contributed by atoms with Crippen LogP contribution in [0.4, 0.5) is 0 Å². The molecule has 95 heavy (non-hydrogen) atoms. The zero-order valence-electron chi connectivity index (χ0n) is 55.3. The van der Waals surface area contributed by atoms with Crippen molar-refractivity contribution in [2.24, 2.45) is 32.7 Å². The number of fused-ring (bicyclic) bond motifs is 2. The molecule has 0 atom stereocenters. The molecule has 2 aromatic carbocycles. The SMILES string of the molecule is Brc1cccc2[nH]ccc12.C=CCCCS(=O)(=O)Cl.C=CCCCS(=O)(=O)N1CCC2(CC1)N=C(C1CCCCC1)NC2=O.O=C1NC(C2CCCCC2)=NC12CCN(S(=O)(=O)CCC/C=C/c1cccc3c1C=CC3)CC2.O=C1NC(C2CCCCC2)=NC12CCNCC2. The van der Waals surface area contributed by atoms with Gasteiger partial charge < -0.3 is 26.3 Å². The number of hydrogen-bond acceptors (Lipinski definition) is 13. The van der Waals surface area contributed by atoms with E-state index >= 15 is 0 Å². The van der Waals surface area contributed by atoms with Crippen LogP contribution in [-0.2, 0) is 49.9 Å². The summed E-state index contributed by atoms with van der Waals surface area (Å²) in [7, 11) is -4.94. The molecule has 3 saturated heterocycles. The smallest absolute Gasteiger partial charge is 0.253 e. The fourth-order valence-electron chi connectivity index (χ4n) is 14.6. The van der Waals surface area contributed by atoms with Crippen molar-refractivity contribution in [1.82, 2.24) is 34.9 Å². The number of sulfonamides is 2. The van der Waals surface area contributed by atoms with Crippen LogP contribution in [0.25, 0.3) is 23.1 Å². The molecule has 3 aromatic rings. The molecule has 7 heterocycles. The summed E-state index contributed by atoms with van der Waals surface area (Å²) < 4.78 is 75.4.